The number of alkyl halides is 1. The van der Waals surface area contributed by atoms with Gasteiger partial charge in [-0.2, -0.15) is 0 Å². The minimum atomic E-state index is -1.08. The molecule has 2 N–H and O–H groups in total. The smallest absolute Gasteiger partial charge is 0.118 e. The minimum absolute atomic E-state index is 0.0484. The van der Waals surface area contributed by atoms with E-state index in [1.165, 1.54) is 0 Å². The first-order chi connectivity index (χ1) is 6.57. The fourth-order valence-corrected chi connectivity index (χ4v) is 2.12. The molecule has 2 rings (SSSR count). The molecule has 0 saturated heterocycles. The molecule has 1 aromatic carbocycles. The van der Waals surface area contributed by atoms with Crippen LogP contribution in [-0.4, -0.2) is 11.7 Å². The number of nitrogens with two attached hydrogens (primary N) is 1. The maximum atomic E-state index is 13.8. The van der Waals surface area contributed by atoms with E-state index in [0.717, 1.165) is 5.56 Å². The molecule has 0 heterocycles. The Balaban J connectivity index is 2.01. The highest BCUT2D eigenvalue weighted by Crippen LogP contribution is 2.38. The van der Waals surface area contributed by atoms with E-state index in [1.807, 2.05) is 12.1 Å². The van der Waals surface area contributed by atoms with Crippen LogP contribution in [0.3, 0.4) is 0 Å². The molecular weight excluding hydrogens is 201 g/mol. The molecule has 0 spiro atoms. The number of hydrogen-bond donors (Lipinski definition) is 1. The zero-order valence-electron chi connectivity index (χ0n) is 7.84. The van der Waals surface area contributed by atoms with Crippen molar-refractivity contribution in [3.63, 3.8) is 0 Å². The summed E-state index contributed by atoms with van der Waals surface area (Å²) in [4.78, 5) is 0. The van der Waals surface area contributed by atoms with Crippen molar-refractivity contribution in [3.8, 4) is 0 Å². The fourth-order valence-electron chi connectivity index (χ4n) is 1.99. The van der Waals surface area contributed by atoms with Crippen molar-refractivity contribution < 1.29 is 4.39 Å². The van der Waals surface area contributed by atoms with Gasteiger partial charge in [0.1, 0.15) is 5.67 Å². The van der Waals surface area contributed by atoms with Gasteiger partial charge in [-0.25, -0.2) is 4.39 Å². The molecule has 14 heavy (non-hydrogen) atoms. The number of benzene rings is 1. The number of halogens is 2. The van der Waals surface area contributed by atoms with E-state index in [4.69, 9.17) is 17.3 Å². The highest BCUT2D eigenvalue weighted by atomic mass is 35.5. The Hall–Kier alpha value is -0.600. The first-order valence-corrected chi connectivity index (χ1v) is 5.14. The normalized spacial score (nSPS) is 31.2. The van der Waals surface area contributed by atoms with E-state index in [9.17, 15) is 4.39 Å². The highest BCUT2D eigenvalue weighted by Gasteiger charge is 2.42. The molecule has 0 atom stereocenters. The van der Waals surface area contributed by atoms with Gasteiger partial charge in [-0.1, -0.05) is 23.7 Å². The van der Waals surface area contributed by atoms with Gasteiger partial charge in [0.2, 0.25) is 0 Å². The molecule has 1 nitrogen and oxygen atoms in total. The van der Waals surface area contributed by atoms with Crippen LogP contribution in [0.2, 0.25) is 5.02 Å². The van der Waals surface area contributed by atoms with Crippen LogP contribution in [0.25, 0.3) is 0 Å². The van der Waals surface area contributed by atoms with E-state index >= 15 is 0 Å². The standard InChI is InChI=1S/C11H13ClFN/c12-9-3-1-8(2-4-9)5-11(13)6-10(14)7-11/h1-4,10H,5-7,14H2. The molecular formula is C11H13ClFN. The molecule has 1 aromatic rings. The minimum Gasteiger partial charge on any atom is -0.327 e. The van der Waals surface area contributed by atoms with E-state index in [0.29, 0.717) is 24.3 Å². The van der Waals surface area contributed by atoms with Gasteiger partial charge in [-0.05, 0) is 30.5 Å². The van der Waals surface area contributed by atoms with Crippen molar-refractivity contribution in [1.29, 1.82) is 0 Å². The van der Waals surface area contributed by atoms with Crippen molar-refractivity contribution in [1.82, 2.24) is 0 Å². The lowest BCUT2D eigenvalue weighted by Crippen LogP contribution is -2.49. The Morgan fingerprint density at radius 3 is 2.43 bits per heavy atom. The Labute approximate surface area is 88.1 Å². The predicted molar refractivity (Wildman–Crippen MR) is 56.2 cm³/mol. The van der Waals surface area contributed by atoms with E-state index in [1.54, 1.807) is 12.1 Å². The van der Waals surface area contributed by atoms with E-state index in [2.05, 4.69) is 0 Å². The predicted octanol–water partition coefficient (Wildman–Crippen LogP) is 2.71. The van der Waals surface area contributed by atoms with Crippen molar-refractivity contribution in [2.45, 2.75) is 31.0 Å². The van der Waals surface area contributed by atoms with Crippen LogP contribution >= 0.6 is 11.6 Å². The first-order valence-electron chi connectivity index (χ1n) is 4.76. The average molecular weight is 214 g/mol. The van der Waals surface area contributed by atoms with Gasteiger partial charge in [0.15, 0.2) is 0 Å². The summed E-state index contributed by atoms with van der Waals surface area (Å²) < 4.78 is 13.8. The maximum absolute atomic E-state index is 13.8. The van der Waals surface area contributed by atoms with Gasteiger partial charge < -0.3 is 5.73 Å². The molecule has 1 saturated carbocycles. The summed E-state index contributed by atoms with van der Waals surface area (Å²) >= 11 is 5.74. The second-order valence-corrected chi connectivity index (χ2v) is 4.56. The van der Waals surface area contributed by atoms with Gasteiger partial charge in [0, 0.05) is 17.5 Å². The lowest BCUT2D eigenvalue weighted by molar-refractivity contribution is 0.0444. The molecule has 0 aliphatic heterocycles. The maximum Gasteiger partial charge on any atom is 0.118 e. The summed E-state index contributed by atoms with van der Waals surface area (Å²) in [6.45, 7) is 0. The summed E-state index contributed by atoms with van der Waals surface area (Å²) in [6.07, 6.45) is 1.42. The van der Waals surface area contributed by atoms with Gasteiger partial charge in [-0.15, -0.1) is 0 Å². The van der Waals surface area contributed by atoms with E-state index in [-0.39, 0.29) is 6.04 Å². The quantitative estimate of drug-likeness (QED) is 0.803. The zero-order chi connectivity index (χ0) is 10.2. The summed E-state index contributed by atoms with van der Waals surface area (Å²) in [6, 6.07) is 7.37. The van der Waals surface area contributed by atoms with Gasteiger partial charge in [0.05, 0.1) is 0 Å². The summed E-state index contributed by atoms with van der Waals surface area (Å²) in [5.74, 6) is 0. The zero-order valence-corrected chi connectivity index (χ0v) is 8.60. The van der Waals surface area contributed by atoms with Crippen molar-refractivity contribution in [2.75, 3.05) is 0 Å². The molecule has 0 unspecified atom stereocenters. The van der Waals surface area contributed by atoms with Crippen LogP contribution in [0, 0.1) is 0 Å². The third-order valence-corrected chi connectivity index (χ3v) is 2.94. The van der Waals surface area contributed by atoms with Crippen LogP contribution in [0.4, 0.5) is 4.39 Å². The monoisotopic (exact) mass is 213 g/mol. The SMILES string of the molecule is NC1CC(F)(Cc2ccc(Cl)cc2)C1. The van der Waals surface area contributed by atoms with Crippen molar-refractivity contribution >= 4 is 11.6 Å². The molecule has 1 aliphatic rings. The molecule has 0 bridgehead atoms. The lowest BCUT2D eigenvalue weighted by Gasteiger charge is -2.39. The van der Waals surface area contributed by atoms with Gasteiger partial charge in [-0.3, -0.25) is 0 Å². The van der Waals surface area contributed by atoms with Crippen LogP contribution in [0.5, 0.6) is 0 Å². The summed E-state index contributed by atoms with van der Waals surface area (Å²) in [5.41, 5.74) is 5.48. The van der Waals surface area contributed by atoms with Gasteiger partial charge in [0.25, 0.3) is 0 Å². The van der Waals surface area contributed by atoms with Crippen LogP contribution < -0.4 is 5.73 Å². The third-order valence-electron chi connectivity index (χ3n) is 2.69. The largest absolute Gasteiger partial charge is 0.327 e. The van der Waals surface area contributed by atoms with Crippen molar-refractivity contribution in [3.05, 3.63) is 34.9 Å². The number of hydrogen-bond acceptors (Lipinski definition) is 1. The van der Waals surface area contributed by atoms with Gasteiger partial charge >= 0.3 is 0 Å². The molecule has 0 aromatic heterocycles. The third kappa shape index (κ3) is 2.07. The average Bonchev–Trinajstić information content (AvgIpc) is 2.07. The molecule has 3 heteroatoms. The number of rotatable bonds is 2. The van der Waals surface area contributed by atoms with Crippen LogP contribution in [0.1, 0.15) is 18.4 Å². The Morgan fingerprint density at radius 1 is 1.36 bits per heavy atom. The molecule has 76 valence electrons. The fraction of sp³-hybridized carbons (Fsp3) is 0.455. The second-order valence-electron chi connectivity index (χ2n) is 4.12. The van der Waals surface area contributed by atoms with Crippen LogP contribution in [-0.2, 0) is 6.42 Å². The van der Waals surface area contributed by atoms with Crippen molar-refractivity contribution in [2.24, 2.45) is 5.73 Å². The molecule has 0 radical (unpaired) electrons. The molecule has 0 amide bonds. The lowest BCUT2D eigenvalue weighted by atomic mass is 9.74. The highest BCUT2D eigenvalue weighted by molar-refractivity contribution is 6.30. The van der Waals surface area contributed by atoms with E-state index < -0.39 is 5.67 Å². The Bertz CT molecular complexity index is 317. The Kier molecular flexibility index (Phi) is 2.50. The summed E-state index contributed by atoms with van der Waals surface area (Å²) in [5, 5.41) is 0.687. The molecule has 1 aliphatic carbocycles. The molecule has 1 fully saturated rings. The topological polar surface area (TPSA) is 26.0 Å². The van der Waals surface area contributed by atoms with Crippen LogP contribution in [0.15, 0.2) is 24.3 Å². The summed E-state index contributed by atoms with van der Waals surface area (Å²) in [7, 11) is 0. The second kappa shape index (κ2) is 3.52. The first kappa shape index (κ1) is 9.94. The Morgan fingerprint density at radius 2 is 1.93 bits per heavy atom.